The molecule has 1 aromatic heterocycles. The number of thiazole rings is 1. The van der Waals surface area contributed by atoms with Crippen LogP contribution in [0.1, 0.15) is 30.0 Å². The molecule has 0 spiro atoms. The van der Waals surface area contributed by atoms with Gasteiger partial charge in [0.2, 0.25) is 5.91 Å². The normalized spacial score (nSPS) is 20.4. The van der Waals surface area contributed by atoms with Crippen molar-refractivity contribution in [2.75, 3.05) is 19.6 Å². The number of aromatic nitrogens is 1. The molecule has 1 amide bonds. The molecule has 0 aromatic carbocycles. The van der Waals surface area contributed by atoms with Gasteiger partial charge in [-0.3, -0.25) is 4.79 Å². The smallest absolute Gasteiger partial charge is 0.222 e. The lowest BCUT2D eigenvalue weighted by Gasteiger charge is -2.19. The van der Waals surface area contributed by atoms with E-state index in [2.05, 4.69) is 21.9 Å². The summed E-state index contributed by atoms with van der Waals surface area (Å²) >= 11 is 1.64. The van der Waals surface area contributed by atoms with Crippen molar-refractivity contribution >= 4 is 17.2 Å². The van der Waals surface area contributed by atoms with Gasteiger partial charge in [0.05, 0.1) is 5.01 Å². The summed E-state index contributed by atoms with van der Waals surface area (Å²) in [5.41, 5.74) is 9.34. The van der Waals surface area contributed by atoms with Crippen molar-refractivity contribution < 1.29 is 4.79 Å². The maximum atomic E-state index is 11.9. The number of hydrogen-bond donors (Lipinski definition) is 0. The van der Waals surface area contributed by atoms with Gasteiger partial charge < -0.3 is 4.90 Å². The van der Waals surface area contributed by atoms with Crippen molar-refractivity contribution in [3.05, 3.63) is 26.5 Å². The van der Waals surface area contributed by atoms with Crippen molar-refractivity contribution in [3.8, 4) is 0 Å². The number of nitrogens with zero attached hydrogens (tertiary/aromatic N) is 5. The zero-order valence-electron chi connectivity index (χ0n) is 11.1. The first-order chi connectivity index (χ1) is 9.10. The van der Waals surface area contributed by atoms with Crippen molar-refractivity contribution in [1.29, 1.82) is 0 Å². The van der Waals surface area contributed by atoms with Crippen LogP contribution in [0.25, 0.3) is 10.4 Å². The molecule has 19 heavy (non-hydrogen) atoms. The number of rotatable bonds is 5. The standard InChI is InChI=1S/C12H17N5OS/c1-8(12-15-9(2)7-19-12)5-17-6-10(3-11(17)18)4-14-16-13/h7-8,10H,3-6H2,1-2H3. The topological polar surface area (TPSA) is 82.0 Å². The monoisotopic (exact) mass is 279 g/mol. The van der Waals surface area contributed by atoms with E-state index in [9.17, 15) is 4.79 Å². The van der Waals surface area contributed by atoms with E-state index in [1.165, 1.54) is 0 Å². The first-order valence-electron chi connectivity index (χ1n) is 6.30. The van der Waals surface area contributed by atoms with Gasteiger partial charge in [0, 0.05) is 48.0 Å². The van der Waals surface area contributed by atoms with Crippen LogP contribution in [0.15, 0.2) is 10.5 Å². The Morgan fingerprint density at radius 3 is 3.16 bits per heavy atom. The molecular formula is C12H17N5OS. The van der Waals surface area contributed by atoms with Crippen LogP contribution in [-0.2, 0) is 4.79 Å². The number of amides is 1. The molecule has 0 aliphatic carbocycles. The van der Waals surface area contributed by atoms with E-state index in [4.69, 9.17) is 5.53 Å². The van der Waals surface area contributed by atoms with E-state index in [-0.39, 0.29) is 17.7 Å². The van der Waals surface area contributed by atoms with Crippen molar-refractivity contribution in [2.45, 2.75) is 26.2 Å². The van der Waals surface area contributed by atoms with Crippen LogP contribution >= 0.6 is 11.3 Å². The van der Waals surface area contributed by atoms with Crippen molar-refractivity contribution in [2.24, 2.45) is 11.0 Å². The molecule has 1 aliphatic rings. The predicted octanol–water partition coefficient (Wildman–Crippen LogP) is 2.71. The molecule has 102 valence electrons. The number of carbonyl (C=O) groups excluding carboxylic acids is 1. The quantitative estimate of drug-likeness (QED) is 0.471. The highest BCUT2D eigenvalue weighted by molar-refractivity contribution is 7.09. The Labute approximate surface area is 116 Å². The summed E-state index contributed by atoms with van der Waals surface area (Å²) in [6.07, 6.45) is 0.489. The Hall–Kier alpha value is -1.59. The Morgan fingerprint density at radius 1 is 1.74 bits per heavy atom. The van der Waals surface area contributed by atoms with E-state index >= 15 is 0 Å². The third kappa shape index (κ3) is 3.45. The largest absolute Gasteiger partial charge is 0.342 e. The van der Waals surface area contributed by atoms with Crippen LogP contribution in [0.3, 0.4) is 0 Å². The Kier molecular flexibility index (Phi) is 4.39. The van der Waals surface area contributed by atoms with Gasteiger partial charge in [-0.1, -0.05) is 12.0 Å². The second kappa shape index (κ2) is 6.04. The summed E-state index contributed by atoms with van der Waals surface area (Å²) in [4.78, 5) is 21.0. The number of carbonyl (C=O) groups is 1. The summed E-state index contributed by atoms with van der Waals surface area (Å²) in [7, 11) is 0. The van der Waals surface area contributed by atoms with Gasteiger partial charge in [-0.25, -0.2) is 4.98 Å². The summed E-state index contributed by atoms with van der Waals surface area (Å²) in [6.45, 7) is 5.85. The summed E-state index contributed by atoms with van der Waals surface area (Å²) < 4.78 is 0. The molecule has 1 saturated heterocycles. The van der Waals surface area contributed by atoms with E-state index in [1.807, 2.05) is 17.2 Å². The molecule has 1 fully saturated rings. The third-order valence-corrected chi connectivity index (χ3v) is 4.44. The van der Waals surface area contributed by atoms with E-state index in [0.717, 1.165) is 10.7 Å². The van der Waals surface area contributed by atoms with Crippen LogP contribution in [0, 0.1) is 12.8 Å². The highest BCUT2D eigenvalue weighted by Gasteiger charge is 2.30. The molecule has 2 rings (SSSR count). The Morgan fingerprint density at radius 2 is 2.53 bits per heavy atom. The lowest BCUT2D eigenvalue weighted by Crippen LogP contribution is -2.29. The molecule has 6 nitrogen and oxygen atoms in total. The maximum absolute atomic E-state index is 11.9. The number of hydrogen-bond acceptors (Lipinski definition) is 4. The minimum Gasteiger partial charge on any atom is -0.342 e. The number of aryl methyl sites for hydroxylation is 1. The molecule has 0 bridgehead atoms. The molecular weight excluding hydrogens is 262 g/mol. The average molecular weight is 279 g/mol. The van der Waals surface area contributed by atoms with Gasteiger partial charge in [0.1, 0.15) is 0 Å². The SMILES string of the molecule is Cc1csc(C(C)CN2CC(CN=[N+]=[N-])CC2=O)n1. The van der Waals surface area contributed by atoms with Gasteiger partial charge in [0.25, 0.3) is 0 Å². The van der Waals surface area contributed by atoms with Crippen molar-refractivity contribution in [3.63, 3.8) is 0 Å². The Balaban J connectivity index is 1.92. The van der Waals surface area contributed by atoms with E-state index in [0.29, 0.717) is 26.1 Å². The first-order valence-corrected chi connectivity index (χ1v) is 7.18. The molecule has 0 saturated carbocycles. The molecule has 1 aromatic rings. The van der Waals surface area contributed by atoms with Crippen LogP contribution in [0.5, 0.6) is 0 Å². The second-order valence-corrected chi connectivity index (χ2v) is 5.90. The van der Waals surface area contributed by atoms with Crippen molar-refractivity contribution in [1.82, 2.24) is 9.88 Å². The lowest BCUT2D eigenvalue weighted by molar-refractivity contribution is -0.127. The van der Waals surface area contributed by atoms with E-state index in [1.54, 1.807) is 11.3 Å². The fourth-order valence-corrected chi connectivity index (χ4v) is 3.16. The zero-order valence-corrected chi connectivity index (χ0v) is 11.9. The van der Waals surface area contributed by atoms with Crippen LogP contribution in [0.4, 0.5) is 0 Å². The molecule has 2 heterocycles. The van der Waals surface area contributed by atoms with E-state index < -0.39 is 0 Å². The van der Waals surface area contributed by atoms with Gasteiger partial charge in [0.15, 0.2) is 0 Å². The zero-order chi connectivity index (χ0) is 13.8. The summed E-state index contributed by atoms with van der Waals surface area (Å²) in [6, 6.07) is 0. The summed E-state index contributed by atoms with van der Waals surface area (Å²) in [5, 5.41) is 6.66. The molecule has 0 radical (unpaired) electrons. The minimum atomic E-state index is 0.151. The fourth-order valence-electron chi connectivity index (χ4n) is 2.31. The van der Waals surface area contributed by atoms with Crippen LogP contribution < -0.4 is 0 Å². The molecule has 2 atom stereocenters. The minimum absolute atomic E-state index is 0.151. The van der Waals surface area contributed by atoms with Gasteiger partial charge >= 0.3 is 0 Å². The Bertz CT molecular complexity index is 508. The summed E-state index contributed by atoms with van der Waals surface area (Å²) in [5.74, 6) is 0.563. The van der Waals surface area contributed by atoms with Crippen LogP contribution in [-0.4, -0.2) is 35.4 Å². The molecule has 1 aliphatic heterocycles. The molecule has 2 unspecified atom stereocenters. The molecule has 7 heteroatoms. The van der Waals surface area contributed by atoms with Gasteiger partial charge in [-0.2, -0.15) is 0 Å². The number of likely N-dealkylation sites (tertiary alicyclic amines) is 1. The number of azide groups is 1. The average Bonchev–Trinajstić information content (AvgIpc) is 2.94. The molecule has 0 N–H and O–H groups in total. The second-order valence-electron chi connectivity index (χ2n) is 5.01. The highest BCUT2D eigenvalue weighted by Crippen LogP contribution is 2.25. The van der Waals surface area contributed by atoms with Crippen LogP contribution in [0.2, 0.25) is 0 Å². The van der Waals surface area contributed by atoms with Gasteiger partial charge in [-0.05, 0) is 18.4 Å². The third-order valence-electron chi connectivity index (χ3n) is 3.25. The van der Waals surface area contributed by atoms with Gasteiger partial charge in [-0.15, -0.1) is 11.3 Å². The fraction of sp³-hybridized carbons (Fsp3) is 0.667. The maximum Gasteiger partial charge on any atom is 0.222 e. The highest BCUT2D eigenvalue weighted by atomic mass is 32.1. The lowest BCUT2D eigenvalue weighted by atomic mass is 10.1. The first kappa shape index (κ1) is 13.8. The predicted molar refractivity (Wildman–Crippen MR) is 74.0 cm³/mol.